The zero-order valence-electron chi connectivity index (χ0n) is 12.8. The van der Waals surface area contributed by atoms with E-state index in [1.165, 1.54) is 19.2 Å². The largest absolute Gasteiger partial charge is 0.453 e. The van der Waals surface area contributed by atoms with Gasteiger partial charge in [0.1, 0.15) is 0 Å². The van der Waals surface area contributed by atoms with Gasteiger partial charge in [0, 0.05) is 12.6 Å². The van der Waals surface area contributed by atoms with Crippen LogP contribution in [0.1, 0.15) is 19.8 Å². The maximum atomic E-state index is 12.0. The summed E-state index contributed by atoms with van der Waals surface area (Å²) in [6.07, 6.45) is 0.656. The Hall–Kier alpha value is -1.38. The minimum Gasteiger partial charge on any atom is -0.453 e. The van der Waals surface area contributed by atoms with Gasteiger partial charge in [-0.05, 0) is 25.3 Å². The molecule has 132 valence electrons. The molecule has 1 fully saturated rings. The van der Waals surface area contributed by atoms with Crippen LogP contribution in [0.2, 0.25) is 10.0 Å². The molecule has 2 heterocycles. The van der Waals surface area contributed by atoms with Gasteiger partial charge in [-0.25, -0.2) is 13.4 Å². The van der Waals surface area contributed by atoms with Crippen molar-refractivity contribution < 1.29 is 22.7 Å². The standard InChI is InChI=1S/C14H16Cl2N2O5S/c1-8(14(20)18-13-11(16)5-10(15)6-17-13)23-12(19)4-9-2-3-24(21,22)7-9/h5-6,8-9H,2-4,7H2,1H3,(H,17,18,20)/t8-,9-/m1/s1. The molecule has 1 amide bonds. The number of nitrogens with one attached hydrogen (secondary N) is 1. The van der Waals surface area contributed by atoms with Crippen molar-refractivity contribution in [3.63, 3.8) is 0 Å². The van der Waals surface area contributed by atoms with Gasteiger partial charge in [-0.15, -0.1) is 0 Å². The van der Waals surface area contributed by atoms with Gasteiger partial charge in [-0.2, -0.15) is 0 Å². The molecule has 1 aliphatic heterocycles. The van der Waals surface area contributed by atoms with Crippen LogP contribution < -0.4 is 5.32 Å². The average Bonchev–Trinajstić information content (AvgIpc) is 2.80. The number of nitrogens with zero attached hydrogens (tertiary/aromatic N) is 1. The van der Waals surface area contributed by atoms with Crippen molar-refractivity contribution >= 4 is 50.7 Å². The molecule has 0 unspecified atom stereocenters. The smallest absolute Gasteiger partial charge is 0.306 e. The lowest BCUT2D eigenvalue weighted by molar-refractivity contribution is -0.153. The van der Waals surface area contributed by atoms with Crippen LogP contribution in [0.3, 0.4) is 0 Å². The zero-order valence-corrected chi connectivity index (χ0v) is 15.1. The first-order valence-electron chi connectivity index (χ1n) is 7.18. The first-order valence-corrected chi connectivity index (χ1v) is 9.76. The van der Waals surface area contributed by atoms with Gasteiger partial charge in [0.2, 0.25) is 0 Å². The summed E-state index contributed by atoms with van der Waals surface area (Å²) in [5, 5.41) is 2.92. The third kappa shape index (κ3) is 5.32. The third-order valence-corrected chi connectivity index (χ3v) is 5.84. The van der Waals surface area contributed by atoms with Gasteiger partial charge in [-0.3, -0.25) is 9.59 Å². The Bertz CT molecular complexity index is 754. The molecule has 0 bridgehead atoms. The molecule has 0 saturated carbocycles. The fraction of sp³-hybridized carbons (Fsp3) is 0.500. The Labute approximate surface area is 149 Å². The van der Waals surface area contributed by atoms with E-state index in [1.807, 2.05) is 0 Å². The third-order valence-electron chi connectivity index (χ3n) is 3.51. The van der Waals surface area contributed by atoms with Crippen LogP contribution in [0.15, 0.2) is 12.3 Å². The fourth-order valence-corrected chi connectivity index (χ4v) is 4.58. The van der Waals surface area contributed by atoms with E-state index < -0.39 is 27.8 Å². The van der Waals surface area contributed by atoms with Gasteiger partial charge in [0.15, 0.2) is 21.8 Å². The van der Waals surface area contributed by atoms with Crippen LogP contribution >= 0.6 is 23.2 Å². The monoisotopic (exact) mass is 394 g/mol. The van der Waals surface area contributed by atoms with E-state index in [0.29, 0.717) is 11.4 Å². The number of aromatic nitrogens is 1. The summed E-state index contributed by atoms with van der Waals surface area (Å²) < 4.78 is 27.8. The van der Waals surface area contributed by atoms with Crippen LogP contribution in [0.5, 0.6) is 0 Å². The first-order chi connectivity index (χ1) is 11.2. The summed E-state index contributed by atoms with van der Waals surface area (Å²) in [6.45, 7) is 1.41. The molecule has 1 aromatic heterocycles. The van der Waals surface area contributed by atoms with Crippen LogP contribution in [0, 0.1) is 5.92 Å². The van der Waals surface area contributed by atoms with E-state index in [1.54, 1.807) is 0 Å². The van der Waals surface area contributed by atoms with E-state index in [9.17, 15) is 18.0 Å². The number of amides is 1. The first kappa shape index (κ1) is 19.0. The number of ether oxygens (including phenoxy) is 1. The van der Waals surface area contributed by atoms with Crippen molar-refractivity contribution in [2.45, 2.75) is 25.9 Å². The SMILES string of the molecule is C[C@@H](OC(=O)C[C@H]1CCS(=O)(=O)C1)C(=O)Nc1ncc(Cl)cc1Cl. The molecule has 2 atom stereocenters. The van der Waals surface area contributed by atoms with E-state index in [2.05, 4.69) is 10.3 Å². The molecule has 0 radical (unpaired) electrons. The Morgan fingerprint density at radius 1 is 1.46 bits per heavy atom. The van der Waals surface area contributed by atoms with Crippen molar-refractivity contribution in [3.8, 4) is 0 Å². The lowest BCUT2D eigenvalue weighted by Gasteiger charge is -2.15. The highest BCUT2D eigenvalue weighted by atomic mass is 35.5. The van der Waals surface area contributed by atoms with Crippen LogP contribution in [0.25, 0.3) is 0 Å². The van der Waals surface area contributed by atoms with Crippen molar-refractivity contribution in [2.75, 3.05) is 16.8 Å². The van der Waals surface area contributed by atoms with Crippen molar-refractivity contribution in [3.05, 3.63) is 22.3 Å². The number of halogens is 2. The Kier molecular flexibility index (Phi) is 6.06. The van der Waals surface area contributed by atoms with E-state index in [0.717, 1.165) is 0 Å². The summed E-state index contributed by atoms with van der Waals surface area (Å²) in [7, 11) is -3.06. The van der Waals surface area contributed by atoms with E-state index in [-0.39, 0.29) is 34.7 Å². The molecular formula is C14H16Cl2N2O5S. The second-order valence-electron chi connectivity index (χ2n) is 5.58. The highest BCUT2D eigenvalue weighted by Gasteiger charge is 2.30. The highest BCUT2D eigenvalue weighted by molar-refractivity contribution is 7.91. The topological polar surface area (TPSA) is 102 Å². The summed E-state index contributed by atoms with van der Waals surface area (Å²) >= 11 is 11.6. The number of pyridine rings is 1. The summed E-state index contributed by atoms with van der Waals surface area (Å²) in [5.74, 6) is -1.30. The quantitative estimate of drug-likeness (QED) is 0.766. The van der Waals surface area contributed by atoms with Gasteiger partial charge in [-0.1, -0.05) is 23.2 Å². The molecule has 1 aliphatic rings. The second-order valence-corrected chi connectivity index (χ2v) is 8.65. The van der Waals surface area contributed by atoms with Crippen LogP contribution in [-0.4, -0.2) is 42.9 Å². The lowest BCUT2D eigenvalue weighted by Crippen LogP contribution is -2.31. The maximum absolute atomic E-state index is 12.0. The molecule has 1 saturated heterocycles. The molecule has 24 heavy (non-hydrogen) atoms. The second kappa shape index (κ2) is 7.67. The predicted molar refractivity (Wildman–Crippen MR) is 89.8 cm³/mol. The molecule has 0 aromatic carbocycles. The molecule has 2 rings (SSSR count). The number of carbonyl (C=O) groups excluding carboxylic acids is 2. The number of esters is 1. The van der Waals surface area contributed by atoms with Gasteiger partial charge in [0.05, 0.1) is 21.6 Å². The molecule has 1 N–H and O–H groups in total. The zero-order chi connectivity index (χ0) is 17.9. The molecular weight excluding hydrogens is 379 g/mol. The molecule has 0 aliphatic carbocycles. The predicted octanol–water partition coefficient (Wildman–Crippen LogP) is 2.08. The number of sulfone groups is 1. The van der Waals surface area contributed by atoms with Gasteiger partial charge >= 0.3 is 5.97 Å². The van der Waals surface area contributed by atoms with Crippen molar-refractivity contribution in [1.29, 1.82) is 0 Å². The molecule has 7 nitrogen and oxygen atoms in total. The maximum Gasteiger partial charge on any atom is 0.306 e. The highest BCUT2D eigenvalue weighted by Crippen LogP contribution is 2.24. The Balaban J connectivity index is 1.86. The minimum absolute atomic E-state index is 0.0209. The minimum atomic E-state index is -3.06. The number of hydrogen-bond acceptors (Lipinski definition) is 6. The summed E-state index contributed by atoms with van der Waals surface area (Å²) in [6, 6.07) is 1.42. The lowest BCUT2D eigenvalue weighted by atomic mass is 10.1. The Morgan fingerprint density at radius 3 is 2.75 bits per heavy atom. The number of hydrogen-bond donors (Lipinski definition) is 1. The molecule has 10 heteroatoms. The number of rotatable bonds is 5. The van der Waals surface area contributed by atoms with E-state index >= 15 is 0 Å². The van der Waals surface area contributed by atoms with Crippen molar-refractivity contribution in [1.82, 2.24) is 4.98 Å². The number of anilines is 1. The van der Waals surface area contributed by atoms with Crippen LogP contribution in [-0.2, 0) is 24.2 Å². The van der Waals surface area contributed by atoms with Crippen molar-refractivity contribution in [2.24, 2.45) is 5.92 Å². The normalized spacial score (nSPS) is 20.4. The Morgan fingerprint density at radius 2 is 2.17 bits per heavy atom. The number of carbonyl (C=O) groups is 2. The fourth-order valence-electron chi connectivity index (χ4n) is 2.29. The molecule has 1 aromatic rings. The average molecular weight is 395 g/mol. The van der Waals surface area contributed by atoms with Crippen LogP contribution in [0.4, 0.5) is 5.82 Å². The van der Waals surface area contributed by atoms with Gasteiger partial charge < -0.3 is 10.1 Å². The summed E-state index contributed by atoms with van der Waals surface area (Å²) in [5.41, 5.74) is 0. The van der Waals surface area contributed by atoms with Gasteiger partial charge in [0.25, 0.3) is 5.91 Å². The van der Waals surface area contributed by atoms with E-state index in [4.69, 9.17) is 27.9 Å². The molecule has 0 spiro atoms. The summed E-state index contributed by atoms with van der Waals surface area (Å²) in [4.78, 5) is 27.7.